The van der Waals surface area contributed by atoms with Gasteiger partial charge in [-0.2, -0.15) is 9.61 Å². The summed E-state index contributed by atoms with van der Waals surface area (Å²) in [5.41, 5.74) is 4.22. The van der Waals surface area contributed by atoms with Crippen LogP contribution < -0.4 is 16.0 Å². The van der Waals surface area contributed by atoms with Gasteiger partial charge >= 0.3 is 0 Å². The van der Waals surface area contributed by atoms with E-state index in [-0.39, 0.29) is 0 Å². The van der Waals surface area contributed by atoms with E-state index < -0.39 is 0 Å². The minimum Gasteiger partial charge on any atom is -0.370 e. The SMILES string of the molecule is CC(C)c1cnn2c(NCc3cnc4ccccc4c3)cc(NCC3CCNCC3)nc12. The average Bonchev–Trinajstić information content (AvgIpc) is 3.26. The maximum atomic E-state index is 4.92. The number of anilines is 2. The molecule has 5 rings (SSSR count). The van der Waals surface area contributed by atoms with Gasteiger partial charge in [0.1, 0.15) is 11.6 Å². The van der Waals surface area contributed by atoms with E-state index in [2.05, 4.69) is 58.1 Å². The normalized spacial score (nSPS) is 15.0. The Kier molecular flexibility index (Phi) is 5.90. The van der Waals surface area contributed by atoms with E-state index in [0.717, 1.165) is 58.9 Å². The van der Waals surface area contributed by atoms with Crippen molar-refractivity contribution in [2.45, 2.75) is 39.2 Å². The molecule has 0 spiro atoms. The van der Waals surface area contributed by atoms with E-state index in [1.807, 2.05) is 35.1 Å². The lowest BCUT2D eigenvalue weighted by atomic mass is 9.98. The van der Waals surface area contributed by atoms with Gasteiger partial charge in [-0.25, -0.2) is 4.98 Å². The van der Waals surface area contributed by atoms with Gasteiger partial charge in [-0.3, -0.25) is 4.98 Å². The van der Waals surface area contributed by atoms with Crippen LogP contribution in [0.5, 0.6) is 0 Å². The lowest BCUT2D eigenvalue weighted by molar-refractivity contribution is 0.389. The predicted molar refractivity (Wildman–Crippen MR) is 130 cm³/mol. The van der Waals surface area contributed by atoms with Crippen LogP contribution in [-0.4, -0.2) is 39.2 Å². The number of piperidine rings is 1. The molecule has 1 aromatic carbocycles. The summed E-state index contributed by atoms with van der Waals surface area (Å²) in [5.74, 6) is 2.88. The first-order valence-corrected chi connectivity index (χ1v) is 11.6. The van der Waals surface area contributed by atoms with Crippen LogP contribution in [0.2, 0.25) is 0 Å². The molecule has 4 aromatic rings. The van der Waals surface area contributed by atoms with E-state index in [4.69, 9.17) is 4.98 Å². The predicted octanol–water partition coefficient (Wildman–Crippen LogP) is 4.42. The highest BCUT2D eigenvalue weighted by atomic mass is 15.3. The number of nitrogens with zero attached hydrogens (tertiary/aromatic N) is 4. The third-order valence-corrected chi connectivity index (χ3v) is 6.27. The van der Waals surface area contributed by atoms with Crippen molar-refractivity contribution < 1.29 is 0 Å². The number of fused-ring (bicyclic) bond motifs is 2. The molecule has 1 fully saturated rings. The largest absolute Gasteiger partial charge is 0.370 e. The van der Waals surface area contributed by atoms with Crippen LogP contribution in [0, 0.1) is 5.92 Å². The number of para-hydroxylation sites is 1. The summed E-state index contributed by atoms with van der Waals surface area (Å²) < 4.78 is 1.92. The summed E-state index contributed by atoms with van der Waals surface area (Å²) in [6.07, 6.45) is 6.29. The van der Waals surface area contributed by atoms with Crippen molar-refractivity contribution in [1.82, 2.24) is 24.9 Å². The van der Waals surface area contributed by atoms with E-state index in [9.17, 15) is 0 Å². The molecule has 1 aliphatic rings. The average molecular weight is 430 g/mol. The molecule has 3 N–H and O–H groups in total. The monoisotopic (exact) mass is 429 g/mol. The standard InChI is InChI=1S/C25H31N7/c1-17(2)21-16-30-32-24(29-15-19-11-20-5-3-4-6-22(20)27-14-19)12-23(31-25(21)32)28-13-18-7-9-26-10-8-18/h3-6,11-12,14,16-18,26,29H,7-10,13,15H2,1-2H3,(H,28,31). The second-order valence-electron chi connectivity index (χ2n) is 8.98. The maximum Gasteiger partial charge on any atom is 0.163 e. The number of rotatable bonds is 7. The quantitative estimate of drug-likeness (QED) is 0.403. The molecule has 0 unspecified atom stereocenters. The summed E-state index contributed by atoms with van der Waals surface area (Å²) in [6, 6.07) is 12.5. The molecule has 0 aliphatic carbocycles. The van der Waals surface area contributed by atoms with Crippen LogP contribution in [0.15, 0.2) is 48.8 Å². The Morgan fingerprint density at radius 1 is 1.09 bits per heavy atom. The van der Waals surface area contributed by atoms with Gasteiger partial charge in [-0.15, -0.1) is 0 Å². The van der Waals surface area contributed by atoms with Gasteiger partial charge < -0.3 is 16.0 Å². The molecule has 0 radical (unpaired) electrons. The molecular weight excluding hydrogens is 398 g/mol. The van der Waals surface area contributed by atoms with Gasteiger partial charge in [0.15, 0.2) is 5.65 Å². The van der Waals surface area contributed by atoms with E-state index >= 15 is 0 Å². The van der Waals surface area contributed by atoms with Crippen LogP contribution in [0.25, 0.3) is 16.6 Å². The zero-order chi connectivity index (χ0) is 21.9. The van der Waals surface area contributed by atoms with E-state index in [0.29, 0.717) is 18.4 Å². The summed E-state index contributed by atoms with van der Waals surface area (Å²) >= 11 is 0. The van der Waals surface area contributed by atoms with Gasteiger partial charge in [-0.1, -0.05) is 32.0 Å². The minimum absolute atomic E-state index is 0.359. The van der Waals surface area contributed by atoms with Crippen LogP contribution in [0.4, 0.5) is 11.6 Å². The first-order valence-electron chi connectivity index (χ1n) is 11.6. The Hall–Kier alpha value is -3.19. The molecule has 7 nitrogen and oxygen atoms in total. The third-order valence-electron chi connectivity index (χ3n) is 6.27. The number of benzene rings is 1. The fourth-order valence-electron chi connectivity index (χ4n) is 4.34. The second-order valence-corrected chi connectivity index (χ2v) is 8.98. The number of pyridine rings is 1. The maximum absolute atomic E-state index is 4.92. The van der Waals surface area contributed by atoms with Gasteiger partial charge in [0, 0.05) is 36.3 Å². The van der Waals surface area contributed by atoms with E-state index in [1.165, 1.54) is 12.8 Å². The fourth-order valence-corrected chi connectivity index (χ4v) is 4.34. The molecule has 3 aromatic heterocycles. The van der Waals surface area contributed by atoms with Crippen molar-refractivity contribution >= 4 is 28.2 Å². The molecule has 0 atom stereocenters. The zero-order valence-corrected chi connectivity index (χ0v) is 18.8. The highest BCUT2D eigenvalue weighted by Crippen LogP contribution is 2.25. The number of hydrogen-bond donors (Lipinski definition) is 3. The van der Waals surface area contributed by atoms with Crippen molar-refractivity contribution in [2.24, 2.45) is 5.92 Å². The lowest BCUT2D eigenvalue weighted by Crippen LogP contribution is -2.31. The van der Waals surface area contributed by atoms with E-state index in [1.54, 1.807) is 0 Å². The molecule has 166 valence electrons. The Bertz CT molecular complexity index is 1210. The summed E-state index contributed by atoms with van der Waals surface area (Å²) in [6.45, 7) is 8.19. The summed E-state index contributed by atoms with van der Waals surface area (Å²) in [7, 11) is 0. The molecule has 0 saturated carbocycles. The Morgan fingerprint density at radius 3 is 2.78 bits per heavy atom. The summed E-state index contributed by atoms with van der Waals surface area (Å²) in [4.78, 5) is 9.51. The van der Waals surface area contributed by atoms with Crippen molar-refractivity contribution in [3.63, 3.8) is 0 Å². The number of aromatic nitrogens is 4. The Labute approximate surface area is 188 Å². The minimum atomic E-state index is 0.359. The molecule has 7 heteroatoms. The van der Waals surface area contributed by atoms with Crippen LogP contribution in [0.3, 0.4) is 0 Å². The van der Waals surface area contributed by atoms with Crippen LogP contribution in [0.1, 0.15) is 43.7 Å². The van der Waals surface area contributed by atoms with Crippen LogP contribution >= 0.6 is 0 Å². The molecule has 0 amide bonds. The molecule has 0 bridgehead atoms. The number of nitrogens with one attached hydrogen (secondary N) is 3. The van der Waals surface area contributed by atoms with Crippen molar-refractivity contribution in [1.29, 1.82) is 0 Å². The topological polar surface area (TPSA) is 79.2 Å². The highest BCUT2D eigenvalue weighted by Gasteiger charge is 2.16. The fraction of sp³-hybridized carbons (Fsp3) is 0.400. The third kappa shape index (κ3) is 4.39. The van der Waals surface area contributed by atoms with Crippen molar-refractivity contribution in [3.8, 4) is 0 Å². The highest BCUT2D eigenvalue weighted by molar-refractivity contribution is 5.78. The lowest BCUT2D eigenvalue weighted by Gasteiger charge is -2.23. The zero-order valence-electron chi connectivity index (χ0n) is 18.8. The van der Waals surface area contributed by atoms with Gasteiger partial charge in [0.2, 0.25) is 0 Å². The molecule has 32 heavy (non-hydrogen) atoms. The summed E-state index contributed by atoms with van der Waals surface area (Å²) in [5, 5.41) is 16.4. The smallest absolute Gasteiger partial charge is 0.163 e. The molecule has 1 saturated heterocycles. The first-order chi connectivity index (χ1) is 15.7. The van der Waals surface area contributed by atoms with Gasteiger partial charge in [-0.05, 0) is 55.5 Å². The van der Waals surface area contributed by atoms with Gasteiger partial charge in [0.05, 0.1) is 11.7 Å². The first kappa shape index (κ1) is 20.7. The van der Waals surface area contributed by atoms with Crippen molar-refractivity contribution in [2.75, 3.05) is 30.3 Å². The molecule has 1 aliphatic heterocycles. The van der Waals surface area contributed by atoms with Crippen LogP contribution in [-0.2, 0) is 6.54 Å². The Balaban J connectivity index is 1.40. The Morgan fingerprint density at radius 2 is 1.94 bits per heavy atom. The second kappa shape index (κ2) is 9.12. The van der Waals surface area contributed by atoms with Gasteiger partial charge in [0.25, 0.3) is 0 Å². The van der Waals surface area contributed by atoms with Crippen molar-refractivity contribution in [3.05, 3.63) is 59.9 Å². The number of hydrogen-bond acceptors (Lipinski definition) is 6. The molecule has 4 heterocycles. The molecular formula is C25H31N7.